The Morgan fingerprint density at radius 1 is 1.06 bits per heavy atom. The number of nitrogens with zero attached hydrogens (tertiary/aromatic N) is 5. The number of thiazole rings is 1. The number of aromatic nitrogens is 4. The van der Waals surface area contributed by atoms with Gasteiger partial charge in [-0.05, 0) is 58.7 Å². The number of carbonyl (C=O) groups is 1. The van der Waals surface area contributed by atoms with E-state index in [4.69, 9.17) is 4.98 Å². The lowest BCUT2D eigenvalue weighted by molar-refractivity contribution is -0.131. The SMILES string of the molecule is Cc1cc(Nc2nc(C)cc(C)n2)cc([C@@H]2CCCN(C(=O)Cc3csc(C)n3)C2)n1. The standard InChI is InChI=1S/C23H28N6OS/c1-14-8-15(2)26-23(25-14)28-19-9-16(3)24-21(10-19)18-6-5-7-29(12-18)22(30)11-20-13-31-17(4)27-20/h8-10,13,18H,5-7,11-12H2,1-4H3,(H,24,25,26,28)/t18-/m1/s1. The zero-order valence-corrected chi connectivity index (χ0v) is 19.3. The summed E-state index contributed by atoms with van der Waals surface area (Å²) >= 11 is 1.59. The molecule has 0 spiro atoms. The van der Waals surface area contributed by atoms with Gasteiger partial charge in [0.2, 0.25) is 11.9 Å². The number of rotatable bonds is 5. The smallest absolute Gasteiger partial charge is 0.228 e. The Morgan fingerprint density at radius 3 is 2.52 bits per heavy atom. The average molecular weight is 437 g/mol. The molecule has 0 aromatic carbocycles. The molecule has 3 aromatic rings. The fourth-order valence-electron chi connectivity index (χ4n) is 4.09. The number of anilines is 2. The van der Waals surface area contributed by atoms with Crippen LogP contribution in [0.3, 0.4) is 0 Å². The Labute approximate surface area is 187 Å². The molecule has 0 aliphatic carbocycles. The van der Waals surface area contributed by atoms with Crippen molar-refractivity contribution in [1.82, 2.24) is 24.8 Å². The molecule has 162 valence electrons. The molecule has 4 heterocycles. The molecule has 1 aliphatic rings. The highest BCUT2D eigenvalue weighted by atomic mass is 32.1. The molecule has 4 rings (SSSR count). The number of aryl methyl sites for hydroxylation is 4. The fourth-order valence-corrected chi connectivity index (χ4v) is 4.70. The summed E-state index contributed by atoms with van der Waals surface area (Å²) in [7, 11) is 0. The number of piperidine rings is 1. The number of hydrogen-bond acceptors (Lipinski definition) is 7. The summed E-state index contributed by atoms with van der Waals surface area (Å²) in [5, 5.41) is 6.30. The van der Waals surface area contributed by atoms with Crippen LogP contribution < -0.4 is 5.32 Å². The maximum Gasteiger partial charge on any atom is 0.228 e. The Morgan fingerprint density at radius 2 is 1.81 bits per heavy atom. The van der Waals surface area contributed by atoms with Crippen LogP contribution in [0.4, 0.5) is 11.6 Å². The van der Waals surface area contributed by atoms with E-state index in [1.54, 1.807) is 11.3 Å². The largest absolute Gasteiger partial charge is 0.342 e. The highest BCUT2D eigenvalue weighted by Crippen LogP contribution is 2.29. The average Bonchev–Trinajstić information content (AvgIpc) is 3.11. The zero-order chi connectivity index (χ0) is 22.0. The third kappa shape index (κ3) is 5.44. The molecule has 31 heavy (non-hydrogen) atoms. The molecule has 0 saturated carbocycles. The molecule has 1 saturated heterocycles. The summed E-state index contributed by atoms with van der Waals surface area (Å²) < 4.78 is 0. The van der Waals surface area contributed by atoms with Crippen molar-refractivity contribution in [1.29, 1.82) is 0 Å². The van der Waals surface area contributed by atoms with Crippen molar-refractivity contribution < 1.29 is 4.79 Å². The molecule has 1 N–H and O–H groups in total. The van der Waals surface area contributed by atoms with Crippen LogP contribution in [-0.2, 0) is 11.2 Å². The summed E-state index contributed by atoms with van der Waals surface area (Å²) in [5.41, 5.74) is 5.59. The molecule has 8 heteroatoms. The molecule has 1 fully saturated rings. The Kier molecular flexibility index (Phi) is 6.27. The van der Waals surface area contributed by atoms with Crippen LogP contribution in [0.1, 0.15) is 52.2 Å². The van der Waals surface area contributed by atoms with Gasteiger partial charge in [0, 0.05) is 52.9 Å². The van der Waals surface area contributed by atoms with Crippen molar-refractivity contribution in [3.05, 3.63) is 57.1 Å². The molecule has 0 radical (unpaired) electrons. The predicted molar refractivity (Wildman–Crippen MR) is 123 cm³/mol. The minimum absolute atomic E-state index is 0.143. The van der Waals surface area contributed by atoms with Gasteiger partial charge in [-0.3, -0.25) is 9.78 Å². The van der Waals surface area contributed by atoms with Crippen LogP contribution in [0.5, 0.6) is 0 Å². The van der Waals surface area contributed by atoms with Gasteiger partial charge < -0.3 is 10.2 Å². The minimum atomic E-state index is 0.143. The van der Waals surface area contributed by atoms with E-state index in [-0.39, 0.29) is 11.8 Å². The summed E-state index contributed by atoms with van der Waals surface area (Å²) in [6.45, 7) is 9.37. The second kappa shape index (κ2) is 9.09. The van der Waals surface area contributed by atoms with E-state index in [0.717, 1.165) is 58.6 Å². The summed E-state index contributed by atoms with van der Waals surface area (Å²) in [5.74, 6) is 0.952. The maximum absolute atomic E-state index is 12.8. The van der Waals surface area contributed by atoms with Gasteiger partial charge in [0.1, 0.15) is 0 Å². The number of pyridine rings is 1. The molecule has 1 amide bonds. The minimum Gasteiger partial charge on any atom is -0.342 e. The first-order chi connectivity index (χ1) is 14.9. The first-order valence-corrected chi connectivity index (χ1v) is 11.5. The van der Waals surface area contributed by atoms with Crippen LogP contribution >= 0.6 is 11.3 Å². The Bertz CT molecular complexity index is 1080. The van der Waals surface area contributed by atoms with E-state index in [0.29, 0.717) is 18.9 Å². The van der Waals surface area contributed by atoms with Crippen LogP contribution in [0, 0.1) is 27.7 Å². The lowest BCUT2D eigenvalue weighted by Gasteiger charge is -2.32. The summed E-state index contributed by atoms with van der Waals surface area (Å²) in [6, 6.07) is 6.02. The quantitative estimate of drug-likeness (QED) is 0.644. The van der Waals surface area contributed by atoms with Gasteiger partial charge in [0.05, 0.1) is 17.1 Å². The van der Waals surface area contributed by atoms with Crippen molar-refractivity contribution in [2.24, 2.45) is 0 Å². The van der Waals surface area contributed by atoms with Crippen molar-refractivity contribution >= 4 is 28.9 Å². The lowest BCUT2D eigenvalue weighted by atomic mass is 9.93. The monoisotopic (exact) mass is 436 g/mol. The molecule has 0 bridgehead atoms. The van der Waals surface area contributed by atoms with Gasteiger partial charge in [0.25, 0.3) is 0 Å². The molecule has 7 nitrogen and oxygen atoms in total. The predicted octanol–water partition coefficient (Wildman–Crippen LogP) is 4.25. The molecule has 0 unspecified atom stereocenters. The number of nitrogens with one attached hydrogen (secondary N) is 1. The Hall–Kier alpha value is -2.87. The zero-order valence-electron chi connectivity index (χ0n) is 18.5. The second-order valence-electron chi connectivity index (χ2n) is 8.23. The number of carbonyl (C=O) groups excluding carboxylic acids is 1. The third-order valence-electron chi connectivity index (χ3n) is 5.40. The molecule has 1 aliphatic heterocycles. The van der Waals surface area contributed by atoms with E-state index in [1.807, 2.05) is 50.1 Å². The van der Waals surface area contributed by atoms with Crippen LogP contribution in [0.2, 0.25) is 0 Å². The summed E-state index contributed by atoms with van der Waals surface area (Å²) in [4.78, 5) is 33.0. The van der Waals surface area contributed by atoms with Gasteiger partial charge in [-0.15, -0.1) is 11.3 Å². The summed E-state index contributed by atoms with van der Waals surface area (Å²) in [6.07, 6.45) is 2.37. The maximum atomic E-state index is 12.8. The normalized spacial score (nSPS) is 16.4. The van der Waals surface area contributed by atoms with Crippen molar-refractivity contribution in [3.8, 4) is 0 Å². The fraction of sp³-hybridized carbons (Fsp3) is 0.435. The van der Waals surface area contributed by atoms with E-state index < -0.39 is 0 Å². The third-order valence-corrected chi connectivity index (χ3v) is 6.23. The highest BCUT2D eigenvalue weighted by molar-refractivity contribution is 7.09. The van der Waals surface area contributed by atoms with E-state index in [1.165, 1.54) is 0 Å². The van der Waals surface area contributed by atoms with Gasteiger partial charge in [0.15, 0.2) is 0 Å². The topological polar surface area (TPSA) is 83.9 Å². The van der Waals surface area contributed by atoms with Gasteiger partial charge in [-0.25, -0.2) is 15.0 Å². The number of amides is 1. The van der Waals surface area contributed by atoms with Crippen LogP contribution in [-0.4, -0.2) is 43.8 Å². The van der Waals surface area contributed by atoms with Gasteiger partial charge in [-0.1, -0.05) is 0 Å². The van der Waals surface area contributed by atoms with Gasteiger partial charge >= 0.3 is 0 Å². The second-order valence-corrected chi connectivity index (χ2v) is 9.30. The van der Waals surface area contributed by atoms with E-state index in [9.17, 15) is 4.79 Å². The molecular formula is C23H28N6OS. The first kappa shape index (κ1) is 21.4. The van der Waals surface area contributed by atoms with Crippen LogP contribution in [0.25, 0.3) is 0 Å². The van der Waals surface area contributed by atoms with E-state index >= 15 is 0 Å². The van der Waals surface area contributed by atoms with Crippen molar-refractivity contribution in [2.75, 3.05) is 18.4 Å². The number of likely N-dealkylation sites (tertiary alicyclic amines) is 1. The van der Waals surface area contributed by atoms with Gasteiger partial charge in [-0.2, -0.15) is 0 Å². The highest BCUT2D eigenvalue weighted by Gasteiger charge is 2.26. The molecule has 1 atom stereocenters. The lowest BCUT2D eigenvalue weighted by Crippen LogP contribution is -2.40. The Balaban J connectivity index is 1.48. The van der Waals surface area contributed by atoms with E-state index in [2.05, 4.69) is 26.3 Å². The van der Waals surface area contributed by atoms with Crippen molar-refractivity contribution in [3.63, 3.8) is 0 Å². The molecule has 3 aromatic heterocycles. The van der Waals surface area contributed by atoms with Crippen molar-refractivity contribution in [2.45, 2.75) is 52.9 Å². The van der Waals surface area contributed by atoms with Crippen LogP contribution in [0.15, 0.2) is 23.6 Å². The first-order valence-electron chi connectivity index (χ1n) is 10.6. The number of hydrogen-bond donors (Lipinski definition) is 1. The molecular weight excluding hydrogens is 408 g/mol.